The van der Waals surface area contributed by atoms with Gasteiger partial charge in [0, 0.05) is 6.04 Å². The Morgan fingerprint density at radius 2 is 2.25 bits per heavy atom. The molecule has 2 nitrogen and oxygen atoms in total. The van der Waals surface area contributed by atoms with Gasteiger partial charge in [0.1, 0.15) is 0 Å². The van der Waals surface area contributed by atoms with Gasteiger partial charge in [-0.3, -0.25) is 4.79 Å². The van der Waals surface area contributed by atoms with Crippen LogP contribution in [0.1, 0.15) is 42.8 Å². The normalized spacial score (nSPS) is 30.0. The number of amides is 1. The van der Waals surface area contributed by atoms with Crippen molar-refractivity contribution in [3.05, 3.63) is 22.4 Å². The summed E-state index contributed by atoms with van der Waals surface area (Å²) < 4.78 is 0. The third kappa shape index (κ3) is 2.46. The Labute approximate surface area is 101 Å². The Morgan fingerprint density at radius 3 is 2.94 bits per heavy atom. The first-order valence-electron chi connectivity index (χ1n) is 6.03. The molecule has 1 heterocycles. The molecule has 16 heavy (non-hydrogen) atoms. The molecule has 0 bridgehead atoms. The van der Waals surface area contributed by atoms with E-state index in [2.05, 4.69) is 19.2 Å². The highest BCUT2D eigenvalue weighted by Gasteiger charge is 2.28. The Bertz CT molecular complexity index is 347. The lowest BCUT2D eigenvalue weighted by Gasteiger charge is -2.34. The van der Waals surface area contributed by atoms with Crippen LogP contribution in [0.15, 0.2) is 17.5 Å². The van der Waals surface area contributed by atoms with E-state index < -0.39 is 0 Å². The van der Waals surface area contributed by atoms with Crippen molar-refractivity contribution in [1.29, 1.82) is 0 Å². The summed E-state index contributed by atoms with van der Waals surface area (Å²) in [7, 11) is 0. The van der Waals surface area contributed by atoms with Gasteiger partial charge in [-0.25, -0.2) is 0 Å². The second-order valence-corrected chi connectivity index (χ2v) is 5.77. The maximum absolute atomic E-state index is 11.9. The lowest BCUT2D eigenvalue weighted by atomic mass is 9.78. The fourth-order valence-electron chi connectivity index (χ4n) is 2.43. The molecule has 1 aliphatic rings. The fourth-order valence-corrected chi connectivity index (χ4v) is 3.06. The standard InChI is InChI=1S/C13H19NOS/c1-9-5-3-6-11(10(9)2)14-13(15)12-7-4-8-16-12/h4,7-11H,3,5-6H2,1-2H3,(H,14,15)/t9-,10+,11-/m0/s1. The van der Waals surface area contributed by atoms with Gasteiger partial charge in [-0.1, -0.05) is 32.8 Å². The van der Waals surface area contributed by atoms with Crippen molar-refractivity contribution < 1.29 is 4.79 Å². The summed E-state index contributed by atoms with van der Waals surface area (Å²) in [6, 6.07) is 4.17. The molecule has 0 aromatic carbocycles. The first kappa shape index (κ1) is 11.6. The van der Waals surface area contributed by atoms with Crippen LogP contribution in [0.3, 0.4) is 0 Å². The van der Waals surface area contributed by atoms with Crippen LogP contribution >= 0.6 is 11.3 Å². The molecular weight excluding hydrogens is 218 g/mol. The third-order valence-electron chi connectivity index (χ3n) is 3.77. The van der Waals surface area contributed by atoms with Gasteiger partial charge in [-0.2, -0.15) is 0 Å². The molecule has 1 fully saturated rings. The molecule has 0 spiro atoms. The molecule has 0 radical (unpaired) electrons. The average molecular weight is 237 g/mol. The van der Waals surface area contributed by atoms with Crippen molar-refractivity contribution in [3.63, 3.8) is 0 Å². The maximum Gasteiger partial charge on any atom is 0.261 e. The first-order chi connectivity index (χ1) is 7.68. The molecule has 1 aromatic heterocycles. The SMILES string of the molecule is C[C@H]1[C@@H](NC(=O)c2cccs2)CCC[C@@H]1C. The molecule has 0 unspecified atom stereocenters. The highest BCUT2D eigenvalue weighted by Crippen LogP contribution is 2.29. The quantitative estimate of drug-likeness (QED) is 0.840. The minimum Gasteiger partial charge on any atom is -0.348 e. The highest BCUT2D eigenvalue weighted by atomic mass is 32.1. The van der Waals surface area contributed by atoms with E-state index in [4.69, 9.17) is 0 Å². The topological polar surface area (TPSA) is 29.1 Å². The lowest BCUT2D eigenvalue weighted by molar-refractivity contribution is 0.0895. The molecule has 1 amide bonds. The molecule has 1 aliphatic carbocycles. The zero-order chi connectivity index (χ0) is 11.5. The second-order valence-electron chi connectivity index (χ2n) is 4.82. The van der Waals surface area contributed by atoms with E-state index in [0.29, 0.717) is 12.0 Å². The van der Waals surface area contributed by atoms with Gasteiger partial charge in [0.25, 0.3) is 5.91 Å². The van der Waals surface area contributed by atoms with Gasteiger partial charge >= 0.3 is 0 Å². The first-order valence-corrected chi connectivity index (χ1v) is 6.91. The van der Waals surface area contributed by atoms with E-state index in [1.54, 1.807) is 0 Å². The van der Waals surface area contributed by atoms with E-state index in [1.807, 2.05) is 17.5 Å². The van der Waals surface area contributed by atoms with E-state index in [1.165, 1.54) is 24.2 Å². The zero-order valence-corrected chi connectivity index (χ0v) is 10.7. The van der Waals surface area contributed by atoms with Crippen molar-refractivity contribution in [2.45, 2.75) is 39.2 Å². The lowest BCUT2D eigenvalue weighted by Crippen LogP contribution is -2.43. The number of hydrogen-bond acceptors (Lipinski definition) is 2. The number of rotatable bonds is 2. The Kier molecular flexibility index (Phi) is 3.64. The zero-order valence-electron chi connectivity index (χ0n) is 9.90. The number of carbonyl (C=O) groups is 1. The minimum absolute atomic E-state index is 0.0981. The van der Waals surface area contributed by atoms with Crippen molar-refractivity contribution in [1.82, 2.24) is 5.32 Å². The summed E-state index contributed by atoms with van der Waals surface area (Å²) in [5.74, 6) is 1.42. The van der Waals surface area contributed by atoms with Crippen molar-refractivity contribution >= 4 is 17.2 Å². The molecule has 1 N–H and O–H groups in total. The van der Waals surface area contributed by atoms with Crippen LogP contribution < -0.4 is 5.32 Å². The monoisotopic (exact) mass is 237 g/mol. The van der Waals surface area contributed by atoms with Crippen LogP contribution in [-0.4, -0.2) is 11.9 Å². The minimum atomic E-state index is 0.0981. The number of thiophene rings is 1. The number of carbonyl (C=O) groups excluding carboxylic acids is 1. The van der Waals surface area contributed by atoms with Crippen LogP contribution in [-0.2, 0) is 0 Å². The van der Waals surface area contributed by atoms with Crippen LogP contribution in [0.25, 0.3) is 0 Å². The van der Waals surface area contributed by atoms with Gasteiger partial charge in [0.15, 0.2) is 0 Å². The largest absolute Gasteiger partial charge is 0.348 e. The van der Waals surface area contributed by atoms with Gasteiger partial charge < -0.3 is 5.32 Å². The van der Waals surface area contributed by atoms with Crippen LogP contribution in [0.4, 0.5) is 0 Å². The van der Waals surface area contributed by atoms with Gasteiger partial charge in [-0.05, 0) is 29.7 Å². The average Bonchev–Trinajstić information content (AvgIpc) is 2.78. The molecule has 3 heteroatoms. The predicted octanol–water partition coefficient (Wildman–Crippen LogP) is 3.30. The van der Waals surface area contributed by atoms with E-state index in [0.717, 1.165) is 17.2 Å². The molecular formula is C13H19NOS. The van der Waals surface area contributed by atoms with E-state index in [9.17, 15) is 4.79 Å². The Hall–Kier alpha value is -0.830. The summed E-state index contributed by atoms with van der Waals surface area (Å²) in [6.07, 6.45) is 3.66. The van der Waals surface area contributed by atoms with Crippen LogP contribution in [0.5, 0.6) is 0 Å². The molecule has 0 saturated heterocycles. The van der Waals surface area contributed by atoms with Gasteiger partial charge in [0.05, 0.1) is 4.88 Å². The smallest absolute Gasteiger partial charge is 0.261 e. The fraction of sp³-hybridized carbons (Fsp3) is 0.615. The van der Waals surface area contributed by atoms with E-state index in [-0.39, 0.29) is 5.91 Å². The predicted molar refractivity (Wildman–Crippen MR) is 67.8 cm³/mol. The molecule has 1 saturated carbocycles. The second kappa shape index (κ2) is 5.00. The summed E-state index contributed by atoms with van der Waals surface area (Å²) in [5, 5.41) is 5.12. The summed E-state index contributed by atoms with van der Waals surface area (Å²) in [6.45, 7) is 4.54. The molecule has 2 rings (SSSR count). The van der Waals surface area contributed by atoms with Gasteiger partial charge in [0.2, 0.25) is 0 Å². The number of nitrogens with one attached hydrogen (secondary N) is 1. The van der Waals surface area contributed by atoms with Gasteiger partial charge in [-0.15, -0.1) is 11.3 Å². The molecule has 88 valence electrons. The van der Waals surface area contributed by atoms with Crippen LogP contribution in [0, 0.1) is 11.8 Å². The third-order valence-corrected chi connectivity index (χ3v) is 4.64. The summed E-state index contributed by atoms with van der Waals surface area (Å²) in [5.41, 5.74) is 0. The molecule has 0 aliphatic heterocycles. The Morgan fingerprint density at radius 1 is 1.44 bits per heavy atom. The van der Waals surface area contributed by atoms with E-state index >= 15 is 0 Å². The van der Waals surface area contributed by atoms with Crippen molar-refractivity contribution in [2.24, 2.45) is 11.8 Å². The van der Waals surface area contributed by atoms with Crippen molar-refractivity contribution in [3.8, 4) is 0 Å². The van der Waals surface area contributed by atoms with Crippen LogP contribution in [0.2, 0.25) is 0 Å². The summed E-state index contributed by atoms with van der Waals surface area (Å²) in [4.78, 5) is 12.8. The summed E-state index contributed by atoms with van der Waals surface area (Å²) >= 11 is 1.51. The maximum atomic E-state index is 11.9. The molecule has 3 atom stereocenters. The molecule has 1 aromatic rings. The Balaban J connectivity index is 1.96. The number of hydrogen-bond donors (Lipinski definition) is 1. The highest BCUT2D eigenvalue weighted by molar-refractivity contribution is 7.12. The van der Waals surface area contributed by atoms with Crippen molar-refractivity contribution in [2.75, 3.05) is 0 Å².